The third-order valence-electron chi connectivity index (χ3n) is 2.90. The van der Waals surface area contributed by atoms with E-state index in [9.17, 15) is 8.42 Å². The molecule has 1 saturated heterocycles. The van der Waals surface area contributed by atoms with Gasteiger partial charge in [-0.1, -0.05) is 11.6 Å². The van der Waals surface area contributed by atoms with Crippen LogP contribution in [0.5, 0.6) is 0 Å². The number of piperidine rings is 1. The van der Waals surface area contributed by atoms with E-state index >= 15 is 0 Å². The number of oxime groups is 1. The predicted molar refractivity (Wildman–Crippen MR) is 74.1 cm³/mol. The van der Waals surface area contributed by atoms with E-state index < -0.39 is 10.2 Å². The lowest BCUT2D eigenvalue weighted by Crippen LogP contribution is -2.39. The number of nitrogens with one attached hydrogen (secondary N) is 1. The van der Waals surface area contributed by atoms with E-state index in [1.165, 1.54) is 4.31 Å². The van der Waals surface area contributed by atoms with Crippen molar-refractivity contribution in [3.8, 4) is 0 Å². The molecule has 0 atom stereocenters. The van der Waals surface area contributed by atoms with E-state index in [1.54, 1.807) is 12.3 Å². The Labute approximate surface area is 116 Å². The molecule has 7 nitrogen and oxygen atoms in total. The van der Waals surface area contributed by atoms with Crippen LogP contribution in [0.3, 0.4) is 0 Å². The van der Waals surface area contributed by atoms with Crippen LogP contribution in [0.4, 0.5) is 5.13 Å². The van der Waals surface area contributed by atoms with Crippen molar-refractivity contribution in [2.24, 2.45) is 5.16 Å². The van der Waals surface area contributed by atoms with Crippen molar-refractivity contribution < 1.29 is 13.6 Å². The lowest BCUT2D eigenvalue weighted by Gasteiger charge is -2.25. The van der Waals surface area contributed by atoms with Crippen LogP contribution < -0.4 is 4.72 Å². The zero-order valence-electron chi connectivity index (χ0n) is 10.5. The molecule has 0 radical (unpaired) electrons. The van der Waals surface area contributed by atoms with E-state index in [1.807, 2.05) is 0 Å². The maximum Gasteiger partial charge on any atom is 0.303 e. The molecule has 0 aliphatic carbocycles. The second kappa shape index (κ2) is 5.85. The van der Waals surface area contributed by atoms with Gasteiger partial charge < -0.3 is 5.21 Å². The summed E-state index contributed by atoms with van der Waals surface area (Å²) in [5, 5.41) is 13.6. The van der Waals surface area contributed by atoms with Crippen molar-refractivity contribution >= 4 is 32.4 Å². The van der Waals surface area contributed by atoms with Gasteiger partial charge in [0.05, 0.1) is 0 Å². The SMILES string of the molecule is CC(=NO)c1csc(NS(=O)(=O)N2CCCCC2)n1. The summed E-state index contributed by atoms with van der Waals surface area (Å²) < 4.78 is 28.1. The Morgan fingerprint density at radius 1 is 1.47 bits per heavy atom. The first-order valence-corrected chi connectivity index (χ1v) is 8.27. The van der Waals surface area contributed by atoms with Crippen LogP contribution in [0, 0.1) is 0 Å². The Morgan fingerprint density at radius 2 is 2.16 bits per heavy atom. The minimum atomic E-state index is -3.53. The first-order chi connectivity index (χ1) is 9.03. The molecule has 0 aromatic carbocycles. The molecule has 0 unspecified atom stereocenters. The van der Waals surface area contributed by atoms with Gasteiger partial charge >= 0.3 is 10.2 Å². The fourth-order valence-corrected chi connectivity index (χ4v) is 4.06. The molecule has 1 aliphatic rings. The van der Waals surface area contributed by atoms with Crippen LogP contribution in [0.15, 0.2) is 10.5 Å². The average molecular weight is 304 g/mol. The highest BCUT2D eigenvalue weighted by molar-refractivity contribution is 7.90. The normalized spacial score (nSPS) is 18.5. The first-order valence-electron chi connectivity index (χ1n) is 5.95. The van der Waals surface area contributed by atoms with Crippen molar-refractivity contribution in [3.63, 3.8) is 0 Å². The minimum absolute atomic E-state index is 0.281. The molecular weight excluding hydrogens is 288 g/mol. The molecule has 0 amide bonds. The van der Waals surface area contributed by atoms with Crippen LogP contribution in [0.2, 0.25) is 0 Å². The monoisotopic (exact) mass is 304 g/mol. The van der Waals surface area contributed by atoms with Crippen LogP contribution >= 0.6 is 11.3 Å². The third-order valence-corrected chi connectivity index (χ3v) is 5.28. The highest BCUT2D eigenvalue weighted by atomic mass is 32.2. The van der Waals surface area contributed by atoms with Gasteiger partial charge in [0.1, 0.15) is 11.4 Å². The Hall–Kier alpha value is -1.19. The summed E-state index contributed by atoms with van der Waals surface area (Å²) in [4.78, 5) is 4.07. The molecule has 1 aromatic heterocycles. The summed E-state index contributed by atoms with van der Waals surface area (Å²) in [6, 6.07) is 0. The van der Waals surface area contributed by atoms with Crippen LogP contribution in [-0.4, -0.2) is 41.7 Å². The molecule has 2 heterocycles. The lowest BCUT2D eigenvalue weighted by atomic mass is 10.2. The summed E-state index contributed by atoms with van der Waals surface area (Å²) in [6.45, 7) is 2.69. The van der Waals surface area contributed by atoms with E-state index in [2.05, 4.69) is 14.9 Å². The van der Waals surface area contributed by atoms with Gasteiger partial charge in [0.15, 0.2) is 5.13 Å². The third kappa shape index (κ3) is 3.43. The molecule has 9 heteroatoms. The molecule has 1 aliphatic heterocycles. The molecular formula is C10H16N4O3S2. The highest BCUT2D eigenvalue weighted by Gasteiger charge is 2.24. The Bertz CT molecular complexity index is 561. The van der Waals surface area contributed by atoms with Gasteiger partial charge in [0.2, 0.25) is 0 Å². The van der Waals surface area contributed by atoms with Gasteiger partial charge in [-0.15, -0.1) is 11.3 Å². The van der Waals surface area contributed by atoms with Crippen molar-refractivity contribution in [1.29, 1.82) is 0 Å². The molecule has 19 heavy (non-hydrogen) atoms. The summed E-state index contributed by atoms with van der Waals surface area (Å²) >= 11 is 1.16. The van der Waals surface area contributed by atoms with Gasteiger partial charge in [0.25, 0.3) is 0 Å². The quantitative estimate of drug-likeness (QED) is 0.500. The number of hydrogen-bond donors (Lipinski definition) is 2. The van der Waals surface area contributed by atoms with E-state index in [0.717, 1.165) is 30.6 Å². The molecule has 1 fully saturated rings. The first kappa shape index (κ1) is 14.2. The highest BCUT2D eigenvalue weighted by Crippen LogP contribution is 2.20. The van der Waals surface area contributed by atoms with Gasteiger partial charge in [-0.05, 0) is 19.8 Å². The van der Waals surface area contributed by atoms with Crippen molar-refractivity contribution in [2.45, 2.75) is 26.2 Å². The van der Waals surface area contributed by atoms with E-state index in [-0.39, 0.29) is 5.13 Å². The number of rotatable bonds is 4. The topological polar surface area (TPSA) is 94.9 Å². The zero-order valence-corrected chi connectivity index (χ0v) is 12.2. The van der Waals surface area contributed by atoms with Crippen LogP contribution in [0.25, 0.3) is 0 Å². The minimum Gasteiger partial charge on any atom is -0.411 e. The van der Waals surface area contributed by atoms with E-state index in [0.29, 0.717) is 24.5 Å². The van der Waals surface area contributed by atoms with Gasteiger partial charge in [-0.2, -0.15) is 12.7 Å². The van der Waals surface area contributed by atoms with Crippen molar-refractivity contribution in [1.82, 2.24) is 9.29 Å². The Morgan fingerprint density at radius 3 is 2.79 bits per heavy atom. The molecule has 0 spiro atoms. The zero-order chi connectivity index (χ0) is 13.9. The number of aromatic nitrogens is 1. The van der Waals surface area contributed by atoms with Crippen LogP contribution in [-0.2, 0) is 10.2 Å². The molecule has 2 rings (SSSR count). The summed E-state index contributed by atoms with van der Waals surface area (Å²) in [5.41, 5.74) is 0.809. The lowest BCUT2D eigenvalue weighted by molar-refractivity contribution is 0.319. The molecule has 1 aromatic rings. The fourth-order valence-electron chi connectivity index (χ4n) is 1.82. The van der Waals surface area contributed by atoms with Crippen molar-refractivity contribution in [2.75, 3.05) is 17.8 Å². The standard InChI is InChI=1S/C10H16N4O3S2/c1-8(12-15)9-7-18-10(11-9)13-19(16,17)14-5-3-2-4-6-14/h7,15H,2-6H2,1H3,(H,11,13). The second-order valence-electron chi connectivity index (χ2n) is 4.29. The maximum absolute atomic E-state index is 12.1. The van der Waals surface area contributed by atoms with E-state index in [4.69, 9.17) is 5.21 Å². The molecule has 2 N–H and O–H groups in total. The number of nitrogens with zero attached hydrogens (tertiary/aromatic N) is 3. The maximum atomic E-state index is 12.1. The predicted octanol–water partition coefficient (Wildman–Crippen LogP) is 1.48. The Kier molecular flexibility index (Phi) is 4.38. The Balaban J connectivity index is 2.09. The molecule has 106 valence electrons. The van der Waals surface area contributed by atoms with Crippen molar-refractivity contribution in [3.05, 3.63) is 11.1 Å². The van der Waals surface area contributed by atoms with Gasteiger partial charge in [-0.25, -0.2) is 9.71 Å². The molecule has 0 saturated carbocycles. The summed E-state index contributed by atoms with van der Waals surface area (Å²) in [6.07, 6.45) is 2.85. The fraction of sp³-hybridized carbons (Fsp3) is 0.600. The molecule has 0 bridgehead atoms. The number of thiazole rings is 1. The van der Waals surface area contributed by atoms with Crippen LogP contribution in [0.1, 0.15) is 31.9 Å². The second-order valence-corrected chi connectivity index (χ2v) is 6.82. The average Bonchev–Trinajstić information content (AvgIpc) is 2.86. The largest absolute Gasteiger partial charge is 0.411 e. The summed E-state index contributed by atoms with van der Waals surface area (Å²) in [5.74, 6) is 0. The smallest absolute Gasteiger partial charge is 0.303 e. The van der Waals surface area contributed by atoms with Gasteiger partial charge in [0, 0.05) is 18.5 Å². The van der Waals surface area contributed by atoms with Gasteiger partial charge in [-0.3, -0.25) is 0 Å². The summed E-state index contributed by atoms with van der Waals surface area (Å²) in [7, 11) is -3.53. The number of anilines is 1. The number of hydrogen-bond acceptors (Lipinski definition) is 6.